The Morgan fingerprint density at radius 2 is 1.27 bits per heavy atom. The molecule has 1 spiro atoms. The van der Waals surface area contributed by atoms with Crippen LogP contribution in [0.5, 0.6) is 0 Å². The fourth-order valence-corrected chi connectivity index (χ4v) is 8.09. The maximum Gasteiger partial charge on any atom is 0.329 e. The van der Waals surface area contributed by atoms with Crippen LogP contribution in [0.2, 0.25) is 0 Å². The summed E-state index contributed by atoms with van der Waals surface area (Å²) in [5.74, 6) is -0.451. The molecular formula is C41H43N3O4. The molecule has 7 rings (SSSR count). The predicted octanol–water partition coefficient (Wildman–Crippen LogP) is 5.88. The first-order valence-electron chi connectivity index (χ1n) is 17.1. The summed E-state index contributed by atoms with van der Waals surface area (Å²) in [7, 11) is 0. The highest BCUT2D eigenvalue weighted by atomic mass is 16.5. The van der Waals surface area contributed by atoms with Gasteiger partial charge in [-0.25, -0.2) is 4.79 Å². The highest BCUT2D eigenvalue weighted by molar-refractivity contribution is 5.92. The number of benzene rings is 4. The van der Waals surface area contributed by atoms with E-state index in [0.29, 0.717) is 39.0 Å². The van der Waals surface area contributed by atoms with Crippen LogP contribution in [0.4, 0.5) is 0 Å². The third-order valence-corrected chi connectivity index (χ3v) is 10.5. The molecule has 246 valence electrons. The first kappa shape index (κ1) is 31.8. The fourth-order valence-electron chi connectivity index (χ4n) is 8.09. The van der Waals surface area contributed by atoms with Crippen LogP contribution < -0.4 is 0 Å². The molecule has 0 bridgehead atoms. The van der Waals surface area contributed by atoms with E-state index in [9.17, 15) is 14.4 Å². The Kier molecular flexibility index (Phi) is 8.65. The summed E-state index contributed by atoms with van der Waals surface area (Å²) in [4.78, 5) is 47.8. The topological polar surface area (TPSA) is 69.9 Å². The Balaban J connectivity index is 1.10. The zero-order valence-electron chi connectivity index (χ0n) is 27.7. The Bertz CT molecular complexity index is 1650. The van der Waals surface area contributed by atoms with E-state index < -0.39 is 17.0 Å². The van der Waals surface area contributed by atoms with Crippen LogP contribution in [-0.2, 0) is 31.3 Å². The summed E-state index contributed by atoms with van der Waals surface area (Å²) < 4.78 is 5.71. The van der Waals surface area contributed by atoms with Gasteiger partial charge in [-0.15, -0.1) is 0 Å². The van der Waals surface area contributed by atoms with Gasteiger partial charge < -0.3 is 14.5 Å². The van der Waals surface area contributed by atoms with E-state index in [0.717, 1.165) is 22.3 Å². The summed E-state index contributed by atoms with van der Waals surface area (Å²) in [5, 5.41) is 0. The van der Waals surface area contributed by atoms with Crippen molar-refractivity contribution in [1.82, 2.24) is 14.7 Å². The monoisotopic (exact) mass is 641 g/mol. The number of hydrogen-bond acceptors (Lipinski definition) is 5. The molecule has 3 aliphatic rings. The lowest BCUT2D eigenvalue weighted by Gasteiger charge is -2.38. The molecule has 4 aromatic carbocycles. The summed E-state index contributed by atoms with van der Waals surface area (Å²) >= 11 is 0. The number of ether oxygens (including phenoxy) is 1. The zero-order valence-corrected chi connectivity index (χ0v) is 27.7. The van der Waals surface area contributed by atoms with Crippen LogP contribution >= 0.6 is 0 Å². The molecule has 4 aromatic rings. The van der Waals surface area contributed by atoms with Gasteiger partial charge in [0.15, 0.2) is 0 Å². The van der Waals surface area contributed by atoms with Crippen molar-refractivity contribution in [2.75, 3.05) is 26.2 Å². The number of amides is 2. The summed E-state index contributed by atoms with van der Waals surface area (Å²) in [5.41, 5.74) is 2.92. The van der Waals surface area contributed by atoms with E-state index in [4.69, 9.17) is 4.74 Å². The summed E-state index contributed by atoms with van der Waals surface area (Å²) in [6.07, 6.45) is 1.23. The molecule has 2 unspecified atom stereocenters. The van der Waals surface area contributed by atoms with E-state index in [1.54, 1.807) is 4.90 Å². The molecule has 0 aromatic heterocycles. The second-order valence-electron chi connectivity index (χ2n) is 13.8. The number of nitrogens with zero attached hydrogens (tertiary/aromatic N) is 3. The number of rotatable bonds is 10. The molecule has 3 fully saturated rings. The van der Waals surface area contributed by atoms with Crippen LogP contribution in [0.25, 0.3) is 0 Å². The van der Waals surface area contributed by atoms with Gasteiger partial charge >= 0.3 is 5.97 Å². The average Bonchev–Trinajstić information content (AvgIpc) is 3.70. The molecule has 0 saturated carbocycles. The minimum atomic E-state index is -0.669. The van der Waals surface area contributed by atoms with Crippen molar-refractivity contribution in [2.45, 2.75) is 50.9 Å². The van der Waals surface area contributed by atoms with Crippen LogP contribution in [0.1, 0.15) is 48.9 Å². The largest absolute Gasteiger partial charge is 0.459 e. The molecule has 0 radical (unpaired) electrons. The average molecular weight is 642 g/mol. The molecule has 0 aliphatic carbocycles. The fraction of sp³-hybridized carbons (Fsp3) is 0.341. The SMILES string of the molecule is CC(C)[C@@H](C(=O)OCc1ccccc1)N1CCC2(CCN(C(=O)C3C[N@]3C(c3ccccc3)(c3ccccc3)c3ccccc3)C2)C1=O. The van der Waals surface area contributed by atoms with Gasteiger partial charge in [-0.2, -0.15) is 0 Å². The zero-order chi connectivity index (χ0) is 33.3. The molecule has 3 saturated heterocycles. The van der Waals surface area contributed by atoms with E-state index in [-0.39, 0.29) is 36.4 Å². The van der Waals surface area contributed by atoms with E-state index >= 15 is 0 Å². The number of hydrogen-bond donors (Lipinski definition) is 0. The van der Waals surface area contributed by atoms with Gasteiger partial charge in [0.1, 0.15) is 18.7 Å². The molecule has 2 amide bonds. The lowest BCUT2D eigenvalue weighted by molar-refractivity contribution is -0.158. The second-order valence-corrected chi connectivity index (χ2v) is 13.8. The van der Waals surface area contributed by atoms with Crippen LogP contribution in [-0.4, -0.2) is 70.7 Å². The van der Waals surface area contributed by atoms with Gasteiger partial charge in [0.2, 0.25) is 11.8 Å². The van der Waals surface area contributed by atoms with Crippen molar-refractivity contribution in [3.8, 4) is 0 Å². The van der Waals surface area contributed by atoms with E-state index in [1.807, 2.05) is 67.3 Å². The molecule has 3 heterocycles. The first-order chi connectivity index (χ1) is 23.3. The molecule has 3 aliphatic heterocycles. The molecule has 48 heavy (non-hydrogen) atoms. The standard InChI is InChI=1S/C41H43N3O4/c1-30(2)36(38(46)48-28-31-15-7-3-8-16-31)43-26-24-40(39(43)47)23-25-42(29-40)37(45)35-27-44(35)41(32-17-9-4-10-18-32,33-19-11-5-12-20-33)34-21-13-6-14-22-34/h3-22,30,35-36H,23-29H2,1-2H3/t35?,36-,40?,44-/m0/s1. The van der Waals surface area contributed by atoms with Gasteiger partial charge in [-0.05, 0) is 41.0 Å². The Labute approximate surface area is 283 Å². The third-order valence-electron chi connectivity index (χ3n) is 10.5. The normalized spacial score (nSPS) is 22.7. The summed E-state index contributed by atoms with van der Waals surface area (Å²) in [6.45, 7) is 6.09. The minimum absolute atomic E-state index is 0.0342. The van der Waals surface area contributed by atoms with Crippen molar-refractivity contribution >= 4 is 17.8 Å². The first-order valence-corrected chi connectivity index (χ1v) is 17.1. The van der Waals surface area contributed by atoms with E-state index in [1.165, 1.54) is 0 Å². The highest BCUT2D eigenvalue weighted by Gasteiger charge is 2.60. The van der Waals surface area contributed by atoms with Crippen LogP contribution in [0.3, 0.4) is 0 Å². The van der Waals surface area contributed by atoms with Gasteiger partial charge in [-0.3, -0.25) is 14.5 Å². The second kappa shape index (κ2) is 13.0. The lowest BCUT2D eigenvalue weighted by atomic mass is 9.76. The molecule has 0 N–H and O–H groups in total. The number of likely N-dealkylation sites (tertiary alicyclic amines) is 2. The smallest absolute Gasteiger partial charge is 0.329 e. The van der Waals surface area contributed by atoms with Gasteiger partial charge in [0.25, 0.3) is 0 Å². The van der Waals surface area contributed by atoms with E-state index in [2.05, 4.69) is 77.7 Å². The van der Waals surface area contributed by atoms with Gasteiger partial charge in [0.05, 0.1) is 11.0 Å². The Hall–Kier alpha value is -4.75. The van der Waals surface area contributed by atoms with Gasteiger partial charge in [0, 0.05) is 26.2 Å². The maximum absolute atomic E-state index is 14.3. The van der Waals surface area contributed by atoms with Crippen molar-refractivity contribution < 1.29 is 19.1 Å². The van der Waals surface area contributed by atoms with Crippen LogP contribution in [0.15, 0.2) is 121 Å². The summed E-state index contributed by atoms with van der Waals surface area (Å²) in [6, 6.07) is 39.9. The molecule has 7 nitrogen and oxygen atoms in total. The number of carbonyl (C=O) groups is 3. The lowest BCUT2D eigenvalue weighted by Crippen LogP contribution is -2.49. The molecule has 4 atom stereocenters. The van der Waals surface area contributed by atoms with Gasteiger partial charge in [-0.1, -0.05) is 135 Å². The van der Waals surface area contributed by atoms with Crippen molar-refractivity contribution in [3.63, 3.8) is 0 Å². The maximum atomic E-state index is 14.3. The molecular weight excluding hydrogens is 598 g/mol. The molecule has 7 heteroatoms. The Morgan fingerprint density at radius 1 is 0.771 bits per heavy atom. The quantitative estimate of drug-likeness (QED) is 0.123. The Morgan fingerprint density at radius 3 is 1.79 bits per heavy atom. The van der Waals surface area contributed by atoms with Crippen molar-refractivity contribution in [1.29, 1.82) is 0 Å². The predicted molar refractivity (Wildman–Crippen MR) is 185 cm³/mol. The minimum Gasteiger partial charge on any atom is -0.459 e. The van der Waals surface area contributed by atoms with Crippen molar-refractivity contribution in [2.24, 2.45) is 11.3 Å². The number of carbonyl (C=O) groups excluding carboxylic acids is 3. The van der Waals surface area contributed by atoms with Crippen LogP contribution in [0, 0.1) is 11.3 Å². The number of esters is 1. The van der Waals surface area contributed by atoms with Crippen molar-refractivity contribution in [3.05, 3.63) is 144 Å². The highest BCUT2D eigenvalue weighted by Crippen LogP contribution is 2.49. The third kappa shape index (κ3) is 5.60.